The summed E-state index contributed by atoms with van der Waals surface area (Å²) in [5.41, 5.74) is 4.15. The lowest BCUT2D eigenvalue weighted by molar-refractivity contribution is 0.549. The monoisotopic (exact) mass is 480 g/mol. The molecule has 6 rings (SSSR count). The summed E-state index contributed by atoms with van der Waals surface area (Å²) in [6.07, 6.45) is 3.93. The number of hydrogen-bond donors (Lipinski definition) is 1. The summed E-state index contributed by atoms with van der Waals surface area (Å²) >= 11 is 12.0. The standard InChI is InChI=1S/C28H21ClN4S/c29-21-11-14-22(15-12-21)33-27(26(31-28(33)34)24-8-3-4-16-30-24)25-9-5-17-32(25)23-13-10-19-6-1-2-7-20(19)18-23/h1-18,26-27H,(H,31,34)/t26-,27-/m1/s1. The van der Waals surface area contributed by atoms with Crippen LogP contribution in [0.1, 0.15) is 23.5 Å². The summed E-state index contributed by atoms with van der Waals surface area (Å²) in [5.74, 6) is 0. The van der Waals surface area contributed by atoms with Gasteiger partial charge in [-0.3, -0.25) is 4.98 Å². The van der Waals surface area contributed by atoms with Gasteiger partial charge in [-0.15, -0.1) is 0 Å². The third kappa shape index (κ3) is 3.63. The van der Waals surface area contributed by atoms with Crippen molar-refractivity contribution in [2.75, 3.05) is 4.90 Å². The van der Waals surface area contributed by atoms with Gasteiger partial charge in [-0.1, -0.05) is 48.0 Å². The average molecular weight is 481 g/mol. The highest BCUT2D eigenvalue weighted by atomic mass is 35.5. The van der Waals surface area contributed by atoms with Crippen molar-refractivity contribution in [2.45, 2.75) is 12.1 Å². The van der Waals surface area contributed by atoms with Crippen molar-refractivity contribution in [1.29, 1.82) is 0 Å². The molecule has 2 atom stereocenters. The second kappa shape index (κ2) is 8.60. The van der Waals surface area contributed by atoms with Crippen LogP contribution in [0.15, 0.2) is 109 Å². The number of nitrogens with one attached hydrogen (secondary N) is 1. The molecule has 0 amide bonds. The molecule has 1 fully saturated rings. The molecule has 1 saturated heterocycles. The molecule has 5 aromatic rings. The van der Waals surface area contributed by atoms with Gasteiger partial charge in [0.05, 0.1) is 11.7 Å². The van der Waals surface area contributed by atoms with Crippen LogP contribution in [0.3, 0.4) is 0 Å². The number of anilines is 1. The summed E-state index contributed by atoms with van der Waals surface area (Å²) in [5, 5.41) is 7.31. The van der Waals surface area contributed by atoms with Crippen molar-refractivity contribution in [1.82, 2.24) is 14.9 Å². The zero-order valence-electron chi connectivity index (χ0n) is 18.2. The van der Waals surface area contributed by atoms with Crippen LogP contribution in [-0.2, 0) is 0 Å². The van der Waals surface area contributed by atoms with E-state index in [4.69, 9.17) is 23.8 Å². The SMILES string of the molecule is S=C1N[C@H](c2ccccn2)[C@@H](c2cccn2-c2ccc3ccccc3c2)N1c1ccc(Cl)cc1. The fourth-order valence-electron chi connectivity index (χ4n) is 4.73. The maximum absolute atomic E-state index is 6.19. The minimum absolute atomic E-state index is 0.106. The minimum Gasteiger partial charge on any atom is -0.351 e. The van der Waals surface area contributed by atoms with Crippen LogP contribution < -0.4 is 10.2 Å². The summed E-state index contributed by atoms with van der Waals surface area (Å²) in [7, 11) is 0. The van der Waals surface area contributed by atoms with Crippen LogP contribution in [0.5, 0.6) is 0 Å². The van der Waals surface area contributed by atoms with Gasteiger partial charge >= 0.3 is 0 Å². The van der Waals surface area contributed by atoms with Crippen molar-refractivity contribution >= 4 is 45.4 Å². The molecule has 3 aromatic carbocycles. The highest BCUT2D eigenvalue weighted by Crippen LogP contribution is 2.42. The van der Waals surface area contributed by atoms with E-state index in [0.29, 0.717) is 10.1 Å². The second-order valence-electron chi connectivity index (χ2n) is 8.31. The third-order valence-electron chi connectivity index (χ3n) is 6.30. The topological polar surface area (TPSA) is 33.1 Å². The van der Waals surface area contributed by atoms with Gasteiger partial charge in [0, 0.05) is 34.5 Å². The van der Waals surface area contributed by atoms with E-state index < -0.39 is 0 Å². The molecule has 0 aliphatic carbocycles. The van der Waals surface area contributed by atoms with Gasteiger partial charge in [0.1, 0.15) is 6.04 Å². The second-order valence-corrected chi connectivity index (χ2v) is 9.13. The molecule has 4 nitrogen and oxygen atoms in total. The van der Waals surface area contributed by atoms with Crippen LogP contribution >= 0.6 is 23.8 Å². The van der Waals surface area contributed by atoms with E-state index in [9.17, 15) is 0 Å². The van der Waals surface area contributed by atoms with Crippen molar-refractivity contribution in [3.63, 3.8) is 0 Å². The first-order valence-corrected chi connectivity index (χ1v) is 11.9. The Morgan fingerprint density at radius 1 is 0.794 bits per heavy atom. The predicted octanol–water partition coefficient (Wildman–Crippen LogP) is 6.86. The van der Waals surface area contributed by atoms with Gasteiger partial charge in [-0.2, -0.15) is 0 Å². The smallest absolute Gasteiger partial charge is 0.174 e. The number of rotatable bonds is 4. The molecule has 1 N–H and O–H groups in total. The number of benzene rings is 3. The summed E-state index contributed by atoms with van der Waals surface area (Å²) < 4.78 is 2.24. The average Bonchev–Trinajstić information content (AvgIpc) is 3.49. The maximum Gasteiger partial charge on any atom is 0.174 e. The largest absolute Gasteiger partial charge is 0.351 e. The minimum atomic E-state index is -0.113. The van der Waals surface area contributed by atoms with Gasteiger partial charge in [0.15, 0.2) is 5.11 Å². The summed E-state index contributed by atoms with van der Waals surface area (Å²) in [4.78, 5) is 6.83. The van der Waals surface area contributed by atoms with E-state index in [2.05, 4.69) is 80.6 Å². The lowest BCUT2D eigenvalue weighted by Crippen LogP contribution is -2.30. The van der Waals surface area contributed by atoms with E-state index in [1.54, 1.807) is 0 Å². The zero-order valence-corrected chi connectivity index (χ0v) is 19.7. The molecular weight excluding hydrogens is 460 g/mol. The Labute approximate surface area is 208 Å². The number of thiocarbonyl (C=S) groups is 1. The number of halogens is 1. The van der Waals surface area contributed by atoms with Gasteiger partial charge in [-0.25, -0.2) is 0 Å². The number of nitrogens with zero attached hydrogens (tertiary/aromatic N) is 3. The molecule has 1 aliphatic heterocycles. The number of pyridine rings is 1. The van der Waals surface area contributed by atoms with Gasteiger partial charge in [0.25, 0.3) is 0 Å². The van der Waals surface area contributed by atoms with Crippen LogP contribution in [0, 0.1) is 0 Å². The first-order valence-electron chi connectivity index (χ1n) is 11.1. The van der Waals surface area contributed by atoms with Crippen LogP contribution in [-0.4, -0.2) is 14.7 Å². The molecule has 1 aliphatic rings. The van der Waals surface area contributed by atoms with Crippen molar-refractivity contribution in [3.05, 3.63) is 126 Å². The normalized spacial score (nSPS) is 17.8. The fourth-order valence-corrected chi connectivity index (χ4v) is 5.20. The molecule has 0 unspecified atom stereocenters. The Kier molecular flexibility index (Phi) is 5.28. The first-order chi connectivity index (χ1) is 16.7. The molecule has 0 bridgehead atoms. The van der Waals surface area contributed by atoms with Gasteiger partial charge in [-0.05, 0) is 83.7 Å². The molecular formula is C28H21ClN4S. The Bertz CT molecular complexity index is 1480. The molecule has 0 spiro atoms. The van der Waals surface area contributed by atoms with E-state index in [1.165, 1.54) is 10.8 Å². The van der Waals surface area contributed by atoms with Gasteiger partial charge in [0.2, 0.25) is 0 Å². The zero-order chi connectivity index (χ0) is 23.1. The summed E-state index contributed by atoms with van der Waals surface area (Å²) in [6.45, 7) is 0. The molecule has 6 heteroatoms. The predicted molar refractivity (Wildman–Crippen MR) is 143 cm³/mol. The van der Waals surface area contributed by atoms with E-state index in [-0.39, 0.29) is 12.1 Å². The van der Waals surface area contributed by atoms with E-state index in [1.807, 2.05) is 48.7 Å². The Hall–Kier alpha value is -3.67. The summed E-state index contributed by atoms with van der Waals surface area (Å²) in [6, 6.07) is 32.8. The highest BCUT2D eigenvalue weighted by molar-refractivity contribution is 7.80. The molecule has 0 saturated carbocycles. The van der Waals surface area contributed by atoms with Crippen LogP contribution in [0.25, 0.3) is 16.5 Å². The Balaban J connectivity index is 1.51. The van der Waals surface area contributed by atoms with Crippen molar-refractivity contribution < 1.29 is 0 Å². The number of fused-ring (bicyclic) bond motifs is 1. The highest BCUT2D eigenvalue weighted by Gasteiger charge is 2.42. The molecule has 2 aromatic heterocycles. The quantitative estimate of drug-likeness (QED) is 0.285. The van der Waals surface area contributed by atoms with Crippen molar-refractivity contribution in [2.24, 2.45) is 0 Å². The van der Waals surface area contributed by atoms with Gasteiger partial charge < -0.3 is 14.8 Å². The van der Waals surface area contributed by atoms with E-state index in [0.717, 1.165) is 22.8 Å². The van der Waals surface area contributed by atoms with Crippen molar-refractivity contribution in [3.8, 4) is 5.69 Å². The Morgan fingerprint density at radius 3 is 2.35 bits per heavy atom. The third-order valence-corrected chi connectivity index (χ3v) is 6.86. The first kappa shape index (κ1) is 20.9. The molecule has 34 heavy (non-hydrogen) atoms. The molecule has 3 heterocycles. The maximum atomic E-state index is 6.19. The number of hydrogen-bond acceptors (Lipinski definition) is 2. The van der Waals surface area contributed by atoms with Crippen LogP contribution in [0.4, 0.5) is 5.69 Å². The lowest BCUT2D eigenvalue weighted by Gasteiger charge is -2.29. The molecule has 166 valence electrons. The molecule has 0 radical (unpaired) electrons. The lowest BCUT2D eigenvalue weighted by atomic mass is 10.0. The fraction of sp³-hybridized carbons (Fsp3) is 0.0714. The van der Waals surface area contributed by atoms with Crippen LogP contribution in [0.2, 0.25) is 5.02 Å². The number of aromatic nitrogens is 2. The Morgan fingerprint density at radius 2 is 1.56 bits per heavy atom. The van der Waals surface area contributed by atoms with E-state index >= 15 is 0 Å².